The molecule has 8 heteroatoms. The number of carboxylic acid groups (broad SMARTS) is 1. The standard InChI is InChI=1S/C27H24N2O6/c1-3-34-18-9-11-21-19(13-18)24(16-8-10-20-23(12-16)35-15-28-20)25(27(31)32)26(30)29(21)14-17-6-4-5-7-22(17)33-2/h4-13,28H,3,14-15H2,1-2H3,(H,31,32). The van der Waals surface area contributed by atoms with Crippen molar-refractivity contribution in [2.24, 2.45) is 0 Å². The molecule has 4 aromatic rings. The summed E-state index contributed by atoms with van der Waals surface area (Å²) >= 11 is 0. The molecule has 0 bridgehead atoms. The van der Waals surface area contributed by atoms with Crippen molar-refractivity contribution in [1.82, 2.24) is 4.57 Å². The summed E-state index contributed by atoms with van der Waals surface area (Å²) in [6.07, 6.45) is 0. The summed E-state index contributed by atoms with van der Waals surface area (Å²) in [6.45, 7) is 2.80. The highest BCUT2D eigenvalue weighted by atomic mass is 16.5. The minimum Gasteiger partial charge on any atom is -0.496 e. The van der Waals surface area contributed by atoms with Crippen LogP contribution in [0.4, 0.5) is 5.69 Å². The molecule has 0 radical (unpaired) electrons. The molecule has 2 heterocycles. The molecule has 3 aromatic carbocycles. The number of methoxy groups -OCH3 is 1. The van der Waals surface area contributed by atoms with Gasteiger partial charge in [0.15, 0.2) is 6.73 Å². The van der Waals surface area contributed by atoms with E-state index < -0.39 is 11.5 Å². The fourth-order valence-electron chi connectivity index (χ4n) is 4.49. The van der Waals surface area contributed by atoms with E-state index in [0.717, 1.165) is 11.3 Å². The molecular weight excluding hydrogens is 448 g/mol. The van der Waals surface area contributed by atoms with Crippen LogP contribution >= 0.6 is 0 Å². The Labute approximate surface area is 201 Å². The predicted molar refractivity (Wildman–Crippen MR) is 133 cm³/mol. The molecule has 0 unspecified atom stereocenters. The van der Waals surface area contributed by atoms with Crippen LogP contribution in [0, 0.1) is 0 Å². The number of fused-ring (bicyclic) bond motifs is 2. The van der Waals surface area contributed by atoms with E-state index >= 15 is 0 Å². The lowest BCUT2D eigenvalue weighted by Crippen LogP contribution is -2.28. The minimum absolute atomic E-state index is 0.144. The Kier molecular flexibility index (Phi) is 5.78. The molecular formula is C27H24N2O6. The SMILES string of the molecule is CCOc1ccc2c(c1)c(-c1ccc3c(c1)OCN3)c(C(=O)O)c(=O)n2Cc1ccccc1OC. The topological polar surface area (TPSA) is 99.0 Å². The normalized spacial score (nSPS) is 12.1. The van der Waals surface area contributed by atoms with Crippen LogP contribution in [-0.4, -0.2) is 36.1 Å². The average molecular weight is 472 g/mol. The van der Waals surface area contributed by atoms with Gasteiger partial charge in [0.1, 0.15) is 22.8 Å². The van der Waals surface area contributed by atoms with E-state index in [9.17, 15) is 14.7 Å². The Balaban J connectivity index is 1.83. The number of nitrogens with one attached hydrogen (secondary N) is 1. The maximum atomic E-state index is 13.7. The van der Waals surface area contributed by atoms with Gasteiger partial charge in [-0.1, -0.05) is 24.3 Å². The number of pyridine rings is 1. The number of anilines is 1. The van der Waals surface area contributed by atoms with Gasteiger partial charge in [-0.2, -0.15) is 0 Å². The first-order valence-corrected chi connectivity index (χ1v) is 11.2. The van der Waals surface area contributed by atoms with E-state index in [-0.39, 0.29) is 12.1 Å². The van der Waals surface area contributed by atoms with E-state index in [0.29, 0.717) is 52.6 Å². The summed E-state index contributed by atoms with van der Waals surface area (Å²) in [6, 6.07) is 18.1. The highest BCUT2D eigenvalue weighted by Crippen LogP contribution is 2.38. The second kappa shape index (κ2) is 9.06. The van der Waals surface area contributed by atoms with Crippen molar-refractivity contribution in [3.63, 3.8) is 0 Å². The third-order valence-electron chi connectivity index (χ3n) is 6.04. The number of aromatic carboxylic acids is 1. The third kappa shape index (κ3) is 3.93. The monoisotopic (exact) mass is 472 g/mol. The van der Waals surface area contributed by atoms with Crippen molar-refractivity contribution in [3.8, 4) is 28.4 Å². The molecule has 0 saturated carbocycles. The summed E-state index contributed by atoms with van der Waals surface area (Å²) < 4.78 is 18.3. The van der Waals surface area contributed by atoms with Crippen molar-refractivity contribution >= 4 is 22.6 Å². The summed E-state index contributed by atoms with van der Waals surface area (Å²) in [5, 5.41) is 13.9. The van der Waals surface area contributed by atoms with Crippen molar-refractivity contribution in [2.45, 2.75) is 13.5 Å². The van der Waals surface area contributed by atoms with Crippen LogP contribution in [0.5, 0.6) is 17.2 Å². The van der Waals surface area contributed by atoms with Crippen molar-refractivity contribution in [1.29, 1.82) is 0 Å². The highest BCUT2D eigenvalue weighted by molar-refractivity contribution is 6.07. The van der Waals surface area contributed by atoms with Crippen molar-refractivity contribution in [2.75, 3.05) is 25.8 Å². The first-order valence-electron chi connectivity index (χ1n) is 11.2. The molecule has 35 heavy (non-hydrogen) atoms. The third-order valence-corrected chi connectivity index (χ3v) is 6.04. The molecule has 0 fully saturated rings. The van der Waals surface area contributed by atoms with Crippen LogP contribution in [-0.2, 0) is 6.54 Å². The second-order valence-corrected chi connectivity index (χ2v) is 8.05. The summed E-state index contributed by atoms with van der Waals surface area (Å²) in [5.41, 5.74) is 2.15. The first kappa shape index (κ1) is 22.3. The highest BCUT2D eigenvalue weighted by Gasteiger charge is 2.25. The molecule has 0 atom stereocenters. The Morgan fingerprint density at radius 2 is 1.97 bits per heavy atom. The van der Waals surface area contributed by atoms with E-state index in [1.54, 1.807) is 43.5 Å². The lowest BCUT2D eigenvalue weighted by molar-refractivity contribution is 0.0695. The van der Waals surface area contributed by atoms with E-state index in [1.165, 1.54) is 4.57 Å². The van der Waals surface area contributed by atoms with Crippen LogP contribution in [0.3, 0.4) is 0 Å². The lowest BCUT2D eigenvalue weighted by Gasteiger charge is -2.19. The molecule has 8 nitrogen and oxygen atoms in total. The minimum atomic E-state index is -1.30. The summed E-state index contributed by atoms with van der Waals surface area (Å²) in [7, 11) is 1.56. The number of carbonyl (C=O) groups is 1. The molecule has 0 spiro atoms. The van der Waals surface area contributed by atoms with Crippen LogP contribution < -0.4 is 25.1 Å². The maximum Gasteiger partial charge on any atom is 0.342 e. The van der Waals surface area contributed by atoms with Crippen LogP contribution in [0.25, 0.3) is 22.0 Å². The number of aromatic nitrogens is 1. The van der Waals surface area contributed by atoms with Crippen LogP contribution in [0.1, 0.15) is 22.8 Å². The number of rotatable bonds is 7. The number of hydrogen-bond donors (Lipinski definition) is 2. The van der Waals surface area contributed by atoms with Gasteiger partial charge in [-0.05, 0) is 48.9 Å². The maximum absolute atomic E-state index is 13.7. The van der Waals surface area contributed by atoms with Gasteiger partial charge >= 0.3 is 5.97 Å². The van der Waals surface area contributed by atoms with Gasteiger partial charge < -0.3 is 29.2 Å². The summed E-state index contributed by atoms with van der Waals surface area (Å²) in [4.78, 5) is 26.3. The first-order chi connectivity index (χ1) is 17.0. The molecule has 0 amide bonds. The smallest absolute Gasteiger partial charge is 0.342 e. The van der Waals surface area contributed by atoms with E-state index in [1.807, 2.05) is 31.2 Å². The van der Waals surface area contributed by atoms with Gasteiger partial charge in [0.25, 0.3) is 5.56 Å². The van der Waals surface area contributed by atoms with Crippen molar-refractivity contribution in [3.05, 3.63) is 82.1 Å². The molecule has 2 N–H and O–H groups in total. The molecule has 178 valence electrons. The average Bonchev–Trinajstić information content (AvgIpc) is 3.33. The second-order valence-electron chi connectivity index (χ2n) is 8.05. The van der Waals surface area contributed by atoms with Crippen LogP contribution in [0.15, 0.2) is 65.5 Å². The van der Waals surface area contributed by atoms with E-state index in [2.05, 4.69) is 5.32 Å². The predicted octanol–water partition coefficient (Wildman–Crippen LogP) is 4.58. The van der Waals surface area contributed by atoms with Gasteiger partial charge in [0, 0.05) is 16.5 Å². The zero-order chi connectivity index (χ0) is 24.5. The fraction of sp³-hybridized carbons (Fsp3) is 0.185. The lowest BCUT2D eigenvalue weighted by atomic mass is 9.95. The quantitative estimate of drug-likeness (QED) is 0.406. The molecule has 5 rings (SSSR count). The number of benzene rings is 3. The van der Waals surface area contributed by atoms with Gasteiger partial charge in [-0.15, -0.1) is 0 Å². The largest absolute Gasteiger partial charge is 0.496 e. The Morgan fingerprint density at radius 3 is 2.74 bits per heavy atom. The number of carboxylic acids is 1. The van der Waals surface area contributed by atoms with Gasteiger partial charge in [-0.3, -0.25) is 4.79 Å². The number of hydrogen-bond acceptors (Lipinski definition) is 6. The van der Waals surface area contributed by atoms with Crippen LogP contribution in [0.2, 0.25) is 0 Å². The Hall–Kier alpha value is -4.46. The van der Waals surface area contributed by atoms with Gasteiger partial charge in [-0.25, -0.2) is 4.79 Å². The molecule has 0 aliphatic carbocycles. The number of nitrogens with zero attached hydrogens (tertiary/aromatic N) is 1. The number of ether oxygens (including phenoxy) is 3. The molecule has 0 saturated heterocycles. The van der Waals surface area contributed by atoms with Gasteiger partial charge in [0.2, 0.25) is 0 Å². The zero-order valence-corrected chi connectivity index (χ0v) is 19.3. The Bertz CT molecular complexity index is 1510. The molecule has 1 aliphatic heterocycles. The van der Waals surface area contributed by atoms with Gasteiger partial charge in [0.05, 0.1) is 31.5 Å². The molecule has 1 aromatic heterocycles. The Morgan fingerprint density at radius 1 is 1.14 bits per heavy atom. The zero-order valence-electron chi connectivity index (χ0n) is 19.3. The van der Waals surface area contributed by atoms with E-state index in [4.69, 9.17) is 14.2 Å². The van der Waals surface area contributed by atoms with Crippen molar-refractivity contribution < 1.29 is 24.1 Å². The fourth-order valence-corrected chi connectivity index (χ4v) is 4.49. The molecule has 1 aliphatic rings. The summed E-state index contributed by atoms with van der Waals surface area (Å²) in [5.74, 6) is 0.495. The number of para-hydroxylation sites is 1.